The Morgan fingerprint density at radius 3 is 2.20 bits per heavy atom. The number of nitrogens with one attached hydrogen (secondary N) is 4. The molecule has 1 aromatic heterocycles. The average Bonchev–Trinajstić information content (AvgIpc) is 3.18. The standard InChI is InChI=1S/C33H42FN5O5.Na/c1-21(2)16-27(38-33(44)39-14-7-3-4-8-15-39)30(40)36-28(18-22-10-9-11-24(34)17-22)31(41)37-29(32(42)43)19-23-20-35-26-13-6-5-12-25(23)26;/h5-6,9-13,17,20-21,27-29,35H,3-4,7-8,14-16,18-19H2,1-2H3,(H,36,40)(H,37,41)(H,38,44)(H,42,43);/q;+1/p-1/t27-,28+,29+;/m0./s1. The van der Waals surface area contributed by atoms with E-state index in [4.69, 9.17) is 0 Å². The van der Waals surface area contributed by atoms with Crippen LogP contribution in [0.25, 0.3) is 10.9 Å². The van der Waals surface area contributed by atoms with Gasteiger partial charge in [0.1, 0.15) is 17.9 Å². The van der Waals surface area contributed by atoms with Crippen LogP contribution in [0.2, 0.25) is 0 Å². The Hall–Kier alpha value is -3.41. The van der Waals surface area contributed by atoms with Crippen LogP contribution < -0.4 is 50.6 Å². The first-order valence-corrected chi connectivity index (χ1v) is 15.3. The molecule has 4 N–H and O–H groups in total. The number of carbonyl (C=O) groups is 4. The van der Waals surface area contributed by atoms with Gasteiger partial charge in [0.25, 0.3) is 0 Å². The van der Waals surface area contributed by atoms with E-state index in [0.717, 1.165) is 36.6 Å². The third-order valence-electron chi connectivity index (χ3n) is 7.88. The van der Waals surface area contributed by atoms with E-state index < -0.39 is 41.7 Å². The van der Waals surface area contributed by atoms with Gasteiger partial charge in [0, 0.05) is 43.0 Å². The van der Waals surface area contributed by atoms with E-state index in [1.807, 2.05) is 38.1 Å². The quantitative estimate of drug-likeness (QED) is 0.205. The van der Waals surface area contributed by atoms with Crippen LogP contribution in [-0.2, 0) is 27.2 Å². The molecule has 1 aliphatic heterocycles. The first-order valence-electron chi connectivity index (χ1n) is 15.3. The molecule has 1 saturated heterocycles. The number of halogens is 1. The molecule has 10 nitrogen and oxygen atoms in total. The zero-order chi connectivity index (χ0) is 31.6. The van der Waals surface area contributed by atoms with Crippen molar-refractivity contribution in [3.05, 3.63) is 71.7 Å². The number of nitrogens with zero attached hydrogens (tertiary/aromatic N) is 1. The third kappa shape index (κ3) is 10.6. The zero-order valence-corrected chi connectivity index (χ0v) is 28.2. The van der Waals surface area contributed by atoms with Gasteiger partial charge in [-0.05, 0) is 54.5 Å². The molecule has 12 heteroatoms. The molecule has 4 amide bonds. The number of para-hydroxylation sites is 1. The number of carboxylic acids is 1. The van der Waals surface area contributed by atoms with Gasteiger partial charge in [0.05, 0.1) is 12.0 Å². The van der Waals surface area contributed by atoms with Gasteiger partial charge in [-0.3, -0.25) is 9.59 Å². The first kappa shape index (κ1) is 36.1. The van der Waals surface area contributed by atoms with Crippen molar-refractivity contribution in [1.29, 1.82) is 0 Å². The van der Waals surface area contributed by atoms with Crippen LogP contribution in [-0.4, -0.2) is 64.9 Å². The monoisotopic (exact) mass is 629 g/mol. The summed E-state index contributed by atoms with van der Waals surface area (Å²) >= 11 is 0. The molecule has 3 aromatic rings. The van der Waals surface area contributed by atoms with Crippen LogP contribution in [0.3, 0.4) is 0 Å². The summed E-state index contributed by atoms with van der Waals surface area (Å²) in [5.41, 5.74) is 1.93. The molecule has 2 aromatic carbocycles. The fourth-order valence-corrected chi connectivity index (χ4v) is 5.58. The van der Waals surface area contributed by atoms with Crippen molar-refractivity contribution in [2.75, 3.05) is 13.1 Å². The van der Waals surface area contributed by atoms with Crippen LogP contribution in [0.1, 0.15) is 57.1 Å². The molecule has 45 heavy (non-hydrogen) atoms. The van der Waals surface area contributed by atoms with Crippen molar-refractivity contribution in [2.24, 2.45) is 5.92 Å². The summed E-state index contributed by atoms with van der Waals surface area (Å²) in [4.78, 5) is 57.3. The van der Waals surface area contributed by atoms with E-state index in [1.54, 1.807) is 17.2 Å². The minimum atomic E-state index is -1.48. The Morgan fingerprint density at radius 2 is 1.53 bits per heavy atom. The molecule has 0 aliphatic carbocycles. The number of rotatable bonds is 12. The summed E-state index contributed by atoms with van der Waals surface area (Å²) in [6, 6.07) is 9.08. The molecular formula is C33H41FN5NaO5. The number of H-pyrrole nitrogens is 1. The van der Waals surface area contributed by atoms with Crippen LogP contribution in [0.4, 0.5) is 9.18 Å². The van der Waals surface area contributed by atoms with Gasteiger partial charge in [0.15, 0.2) is 0 Å². The van der Waals surface area contributed by atoms with Crippen molar-refractivity contribution >= 4 is 34.7 Å². The number of aromatic amines is 1. The molecule has 0 unspecified atom stereocenters. The predicted octanol–water partition coefficient (Wildman–Crippen LogP) is -0.184. The molecule has 1 fully saturated rings. The molecular weight excluding hydrogens is 588 g/mol. The van der Waals surface area contributed by atoms with Crippen molar-refractivity contribution in [1.82, 2.24) is 25.8 Å². The van der Waals surface area contributed by atoms with E-state index >= 15 is 0 Å². The second-order valence-corrected chi connectivity index (χ2v) is 11.9. The summed E-state index contributed by atoms with van der Waals surface area (Å²) in [6.07, 6.45) is 5.72. The molecule has 236 valence electrons. The SMILES string of the molecule is CC(C)C[C@H](NC(=O)N1CCCCCC1)C(=O)N[C@H](Cc1cccc(F)c1)C(=O)N[C@H](Cc1c[nH]c2ccccc12)C(=O)[O-].[Na+]. The number of hydrogen-bond donors (Lipinski definition) is 4. The molecule has 3 atom stereocenters. The molecule has 0 radical (unpaired) electrons. The Bertz CT molecular complexity index is 1460. The first-order chi connectivity index (χ1) is 21.1. The smallest absolute Gasteiger partial charge is 0.548 e. The van der Waals surface area contributed by atoms with Crippen LogP contribution in [0.15, 0.2) is 54.7 Å². The van der Waals surface area contributed by atoms with E-state index in [1.165, 1.54) is 18.2 Å². The van der Waals surface area contributed by atoms with E-state index in [9.17, 15) is 28.7 Å². The Labute approximate surface area is 285 Å². The third-order valence-corrected chi connectivity index (χ3v) is 7.88. The number of carboxylic acid groups (broad SMARTS) is 1. The molecule has 0 saturated carbocycles. The van der Waals surface area contributed by atoms with Crippen molar-refractivity contribution in [3.63, 3.8) is 0 Å². The Balaban J connectivity index is 0.00000552. The maximum atomic E-state index is 14.0. The second-order valence-electron chi connectivity index (χ2n) is 11.9. The van der Waals surface area contributed by atoms with Crippen molar-refractivity contribution in [3.8, 4) is 0 Å². The number of urea groups is 1. The second kappa shape index (κ2) is 17.3. The molecule has 0 spiro atoms. The minimum Gasteiger partial charge on any atom is -0.548 e. The summed E-state index contributed by atoms with van der Waals surface area (Å²) in [5.74, 6) is -3.30. The molecule has 0 bridgehead atoms. The van der Waals surface area contributed by atoms with Gasteiger partial charge in [-0.25, -0.2) is 9.18 Å². The maximum Gasteiger partial charge on any atom is 1.00 e. The van der Waals surface area contributed by atoms with Crippen molar-refractivity contribution < 1.29 is 58.2 Å². The molecule has 2 heterocycles. The number of amides is 4. The van der Waals surface area contributed by atoms with Gasteiger partial charge >= 0.3 is 35.6 Å². The number of carbonyl (C=O) groups excluding carboxylic acids is 4. The number of hydrogen-bond acceptors (Lipinski definition) is 5. The fraction of sp³-hybridized carbons (Fsp3) is 0.455. The zero-order valence-electron chi connectivity index (χ0n) is 26.2. The molecule has 4 rings (SSSR count). The average molecular weight is 630 g/mol. The number of fused-ring (bicyclic) bond motifs is 1. The van der Waals surface area contributed by atoms with Crippen molar-refractivity contribution in [2.45, 2.75) is 76.9 Å². The summed E-state index contributed by atoms with van der Waals surface area (Å²) in [7, 11) is 0. The number of likely N-dealkylation sites (tertiary alicyclic amines) is 1. The van der Waals surface area contributed by atoms with Crippen LogP contribution in [0, 0.1) is 11.7 Å². The summed E-state index contributed by atoms with van der Waals surface area (Å²) in [6.45, 7) is 5.05. The minimum absolute atomic E-state index is 0. The summed E-state index contributed by atoms with van der Waals surface area (Å²) in [5, 5.41) is 21.0. The molecule has 1 aliphatic rings. The van der Waals surface area contributed by atoms with Gasteiger partial charge in [-0.15, -0.1) is 0 Å². The van der Waals surface area contributed by atoms with E-state index in [2.05, 4.69) is 20.9 Å². The van der Waals surface area contributed by atoms with Crippen LogP contribution in [0.5, 0.6) is 0 Å². The normalized spacial score (nSPS) is 15.3. The Morgan fingerprint density at radius 1 is 0.867 bits per heavy atom. The summed E-state index contributed by atoms with van der Waals surface area (Å²) < 4.78 is 14.0. The number of benzene rings is 2. The number of aliphatic carboxylic acids is 1. The number of aromatic nitrogens is 1. The van der Waals surface area contributed by atoms with E-state index in [-0.39, 0.29) is 54.3 Å². The van der Waals surface area contributed by atoms with Crippen LogP contribution >= 0.6 is 0 Å². The van der Waals surface area contributed by atoms with Gasteiger partial charge in [0.2, 0.25) is 11.8 Å². The van der Waals surface area contributed by atoms with E-state index in [0.29, 0.717) is 30.6 Å². The van der Waals surface area contributed by atoms with Gasteiger partial charge in [-0.2, -0.15) is 0 Å². The van der Waals surface area contributed by atoms with Gasteiger partial charge < -0.3 is 35.7 Å². The largest absolute Gasteiger partial charge is 1.00 e. The fourth-order valence-electron chi connectivity index (χ4n) is 5.58. The Kier molecular flexibility index (Phi) is 13.9. The van der Waals surface area contributed by atoms with Gasteiger partial charge in [-0.1, -0.05) is 57.0 Å². The predicted molar refractivity (Wildman–Crippen MR) is 163 cm³/mol. The topological polar surface area (TPSA) is 146 Å². The maximum absolute atomic E-state index is 14.0.